The molecule has 2 aliphatic rings. The van der Waals surface area contributed by atoms with E-state index in [0.717, 1.165) is 30.2 Å². The molecule has 0 bridgehead atoms. The molecule has 24 heavy (non-hydrogen) atoms. The molecular weight excluding hydrogens is 298 g/mol. The zero-order chi connectivity index (χ0) is 16.9. The molecule has 5 nitrogen and oxygen atoms in total. The number of hydrogen-bond donors (Lipinski definition) is 1. The predicted octanol–water partition coefficient (Wildman–Crippen LogP) is 2.74. The highest BCUT2D eigenvalue weighted by atomic mass is 15.3. The number of anilines is 1. The summed E-state index contributed by atoms with van der Waals surface area (Å²) in [4.78, 5) is 13.8. The van der Waals surface area contributed by atoms with E-state index in [1.807, 2.05) is 25.2 Å². The van der Waals surface area contributed by atoms with Gasteiger partial charge in [0.15, 0.2) is 5.96 Å². The Balaban J connectivity index is 1.69. The van der Waals surface area contributed by atoms with E-state index in [-0.39, 0.29) is 0 Å². The quantitative estimate of drug-likeness (QED) is 0.681. The largest absolute Gasteiger partial charge is 0.363 e. The Morgan fingerprint density at radius 2 is 2.00 bits per heavy atom. The summed E-state index contributed by atoms with van der Waals surface area (Å²) in [5, 5.41) is 3.49. The van der Waals surface area contributed by atoms with Crippen molar-refractivity contribution in [2.45, 2.75) is 39.2 Å². The highest BCUT2D eigenvalue weighted by Crippen LogP contribution is 2.35. The highest BCUT2D eigenvalue weighted by Gasteiger charge is 2.35. The van der Waals surface area contributed by atoms with Gasteiger partial charge in [-0.25, -0.2) is 9.98 Å². The monoisotopic (exact) mass is 329 g/mol. The first-order valence-electron chi connectivity index (χ1n) is 9.33. The molecule has 1 aromatic heterocycles. The van der Waals surface area contributed by atoms with E-state index in [4.69, 9.17) is 4.99 Å². The van der Waals surface area contributed by atoms with Gasteiger partial charge in [-0.2, -0.15) is 0 Å². The van der Waals surface area contributed by atoms with Crippen molar-refractivity contribution in [3.8, 4) is 0 Å². The molecule has 5 heteroatoms. The summed E-state index contributed by atoms with van der Waals surface area (Å²) in [6.45, 7) is 6.13. The molecule has 0 radical (unpaired) electrons. The van der Waals surface area contributed by atoms with Crippen LogP contribution in [0.2, 0.25) is 0 Å². The van der Waals surface area contributed by atoms with E-state index in [0.29, 0.717) is 6.54 Å². The normalized spacial score (nSPS) is 24.0. The second-order valence-electron chi connectivity index (χ2n) is 7.30. The summed E-state index contributed by atoms with van der Waals surface area (Å²) in [7, 11) is 4.04. The molecule has 1 N–H and O–H groups in total. The summed E-state index contributed by atoms with van der Waals surface area (Å²) in [6, 6.07) is 4.18. The van der Waals surface area contributed by atoms with Crippen molar-refractivity contribution in [2.75, 3.05) is 38.6 Å². The zero-order valence-electron chi connectivity index (χ0n) is 15.3. The number of nitrogens with one attached hydrogen (secondary N) is 1. The van der Waals surface area contributed by atoms with Crippen molar-refractivity contribution in [3.63, 3.8) is 0 Å². The van der Waals surface area contributed by atoms with Crippen LogP contribution >= 0.6 is 0 Å². The van der Waals surface area contributed by atoms with Gasteiger partial charge in [0, 0.05) is 39.9 Å². The van der Waals surface area contributed by atoms with Crippen molar-refractivity contribution in [2.24, 2.45) is 16.8 Å². The molecule has 132 valence electrons. The van der Waals surface area contributed by atoms with Crippen LogP contribution in [0.25, 0.3) is 0 Å². The highest BCUT2D eigenvalue weighted by molar-refractivity contribution is 5.80. The Kier molecular flexibility index (Phi) is 5.59. The first-order valence-corrected chi connectivity index (χ1v) is 9.33. The van der Waals surface area contributed by atoms with Gasteiger partial charge in [0.2, 0.25) is 0 Å². The maximum atomic E-state index is 4.91. The van der Waals surface area contributed by atoms with Crippen LogP contribution in [0.15, 0.2) is 23.3 Å². The van der Waals surface area contributed by atoms with Crippen molar-refractivity contribution in [3.05, 3.63) is 23.9 Å². The van der Waals surface area contributed by atoms with Crippen molar-refractivity contribution >= 4 is 11.8 Å². The van der Waals surface area contributed by atoms with Crippen LogP contribution in [-0.4, -0.2) is 49.6 Å². The van der Waals surface area contributed by atoms with Gasteiger partial charge >= 0.3 is 0 Å². The summed E-state index contributed by atoms with van der Waals surface area (Å²) >= 11 is 0. The van der Waals surface area contributed by atoms with Gasteiger partial charge in [-0.3, -0.25) is 0 Å². The molecule has 1 aliphatic carbocycles. The summed E-state index contributed by atoms with van der Waals surface area (Å²) < 4.78 is 0. The minimum atomic E-state index is 0.706. The number of pyridine rings is 1. The molecule has 1 aromatic rings. The van der Waals surface area contributed by atoms with Crippen LogP contribution in [0, 0.1) is 11.8 Å². The van der Waals surface area contributed by atoms with Crippen LogP contribution in [-0.2, 0) is 6.54 Å². The predicted molar refractivity (Wildman–Crippen MR) is 100 cm³/mol. The molecule has 1 saturated heterocycles. The second kappa shape index (κ2) is 7.86. The lowest BCUT2D eigenvalue weighted by Gasteiger charge is -2.22. The lowest BCUT2D eigenvalue weighted by Crippen LogP contribution is -2.40. The first kappa shape index (κ1) is 17.1. The summed E-state index contributed by atoms with van der Waals surface area (Å²) in [5.74, 6) is 3.82. The van der Waals surface area contributed by atoms with Gasteiger partial charge in [-0.1, -0.05) is 12.8 Å². The fourth-order valence-corrected chi connectivity index (χ4v) is 3.97. The Bertz CT molecular complexity index is 555. The van der Waals surface area contributed by atoms with E-state index in [1.54, 1.807) is 0 Å². The summed E-state index contributed by atoms with van der Waals surface area (Å²) in [5.41, 5.74) is 1.21. The first-order chi connectivity index (χ1) is 11.7. The van der Waals surface area contributed by atoms with Crippen molar-refractivity contribution < 1.29 is 0 Å². The molecule has 2 atom stereocenters. The van der Waals surface area contributed by atoms with Gasteiger partial charge in [0.05, 0.1) is 6.54 Å². The van der Waals surface area contributed by atoms with Gasteiger partial charge in [0.25, 0.3) is 0 Å². The third-order valence-electron chi connectivity index (χ3n) is 5.29. The van der Waals surface area contributed by atoms with Crippen LogP contribution in [0.1, 0.15) is 38.2 Å². The molecule has 3 rings (SSSR count). The van der Waals surface area contributed by atoms with Crippen LogP contribution in [0.5, 0.6) is 0 Å². The zero-order valence-corrected chi connectivity index (χ0v) is 15.3. The summed E-state index contributed by atoms with van der Waals surface area (Å²) in [6.07, 6.45) is 7.49. The molecule has 2 fully saturated rings. The molecule has 2 heterocycles. The van der Waals surface area contributed by atoms with E-state index in [1.165, 1.54) is 44.3 Å². The molecule has 0 aromatic carbocycles. The Hall–Kier alpha value is -1.78. The van der Waals surface area contributed by atoms with E-state index < -0.39 is 0 Å². The fourth-order valence-electron chi connectivity index (χ4n) is 3.97. The molecule has 2 unspecified atom stereocenters. The molecule has 1 aliphatic heterocycles. The standard InChI is InChI=1S/C19H31N5/c1-4-20-19(24-13-16-7-5-6-8-17(16)14-24)22-12-15-9-10-21-18(11-15)23(2)3/h9-11,16-17H,4-8,12-14H2,1-3H3,(H,20,22). The molecule has 0 spiro atoms. The van der Waals surface area contributed by atoms with Gasteiger partial charge in [-0.15, -0.1) is 0 Å². The Morgan fingerprint density at radius 3 is 2.62 bits per heavy atom. The van der Waals surface area contributed by atoms with Gasteiger partial charge in [0.1, 0.15) is 5.82 Å². The third-order valence-corrected chi connectivity index (χ3v) is 5.29. The lowest BCUT2D eigenvalue weighted by molar-refractivity contribution is 0.299. The number of likely N-dealkylation sites (tertiary alicyclic amines) is 1. The number of nitrogens with zero attached hydrogens (tertiary/aromatic N) is 4. The average molecular weight is 329 g/mol. The second-order valence-corrected chi connectivity index (χ2v) is 7.30. The third kappa shape index (κ3) is 4.00. The van der Waals surface area contributed by atoms with Crippen molar-refractivity contribution in [1.82, 2.24) is 15.2 Å². The number of aliphatic imine (C=N–C) groups is 1. The van der Waals surface area contributed by atoms with E-state index in [9.17, 15) is 0 Å². The van der Waals surface area contributed by atoms with Crippen LogP contribution in [0.3, 0.4) is 0 Å². The lowest BCUT2D eigenvalue weighted by atomic mass is 9.82. The number of hydrogen-bond acceptors (Lipinski definition) is 3. The number of aromatic nitrogens is 1. The Labute approximate surface area is 146 Å². The molecule has 0 amide bonds. The SMILES string of the molecule is CCNC(=NCc1ccnc(N(C)C)c1)N1CC2CCCCC2C1. The fraction of sp³-hybridized carbons (Fsp3) is 0.684. The maximum Gasteiger partial charge on any atom is 0.194 e. The maximum absolute atomic E-state index is 4.91. The minimum absolute atomic E-state index is 0.706. The minimum Gasteiger partial charge on any atom is -0.363 e. The van der Waals surface area contributed by atoms with Crippen LogP contribution < -0.4 is 10.2 Å². The van der Waals surface area contributed by atoms with Crippen molar-refractivity contribution in [1.29, 1.82) is 0 Å². The number of guanidine groups is 1. The number of fused-ring (bicyclic) bond motifs is 1. The number of rotatable bonds is 4. The van der Waals surface area contributed by atoms with Gasteiger partial charge < -0.3 is 15.1 Å². The van der Waals surface area contributed by atoms with E-state index in [2.05, 4.69) is 34.3 Å². The van der Waals surface area contributed by atoms with Gasteiger partial charge in [-0.05, 0) is 49.3 Å². The van der Waals surface area contributed by atoms with Crippen LogP contribution in [0.4, 0.5) is 5.82 Å². The Morgan fingerprint density at radius 1 is 1.29 bits per heavy atom. The molecular formula is C19H31N5. The average Bonchev–Trinajstić information content (AvgIpc) is 3.02. The topological polar surface area (TPSA) is 43.8 Å². The molecule has 1 saturated carbocycles. The van der Waals surface area contributed by atoms with E-state index >= 15 is 0 Å². The smallest absolute Gasteiger partial charge is 0.194 e.